The van der Waals surface area contributed by atoms with Crippen molar-refractivity contribution < 1.29 is 0 Å². The molecular weight excluding hydrogens is 156 g/mol. The second-order valence-corrected chi connectivity index (χ2v) is 3.66. The highest BCUT2D eigenvalue weighted by Gasteiger charge is 1.91. The zero-order valence-electron chi connectivity index (χ0n) is 8.75. The standard InChI is InChI=1S/C13H18/c1-4-11(2)8-9-13-7-5-6-12(3)10-13/h5-11H,4H2,1-3H3/b9-8+. The van der Waals surface area contributed by atoms with E-state index in [1.54, 1.807) is 0 Å². The summed E-state index contributed by atoms with van der Waals surface area (Å²) in [5, 5.41) is 0. The number of rotatable bonds is 3. The molecule has 1 aromatic rings. The van der Waals surface area contributed by atoms with Gasteiger partial charge >= 0.3 is 0 Å². The largest absolute Gasteiger partial charge is 0.0811 e. The van der Waals surface area contributed by atoms with Gasteiger partial charge in [-0.25, -0.2) is 0 Å². The van der Waals surface area contributed by atoms with Crippen molar-refractivity contribution in [1.29, 1.82) is 0 Å². The van der Waals surface area contributed by atoms with Crippen LogP contribution in [0.4, 0.5) is 0 Å². The fraction of sp³-hybridized carbons (Fsp3) is 0.385. The Hall–Kier alpha value is -1.04. The predicted octanol–water partition coefficient (Wildman–Crippen LogP) is 4.05. The highest BCUT2D eigenvalue weighted by molar-refractivity contribution is 5.50. The molecule has 0 aliphatic rings. The Morgan fingerprint density at radius 1 is 1.38 bits per heavy atom. The molecule has 0 aliphatic carbocycles. The van der Waals surface area contributed by atoms with Gasteiger partial charge in [0.05, 0.1) is 0 Å². The highest BCUT2D eigenvalue weighted by Crippen LogP contribution is 2.09. The van der Waals surface area contributed by atoms with Crippen molar-refractivity contribution in [2.24, 2.45) is 5.92 Å². The van der Waals surface area contributed by atoms with E-state index >= 15 is 0 Å². The van der Waals surface area contributed by atoms with Gasteiger partial charge in [0.2, 0.25) is 0 Å². The van der Waals surface area contributed by atoms with Crippen LogP contribution in [-0.4, -0.2) is 0 Å². The summed E-state index contributed by atoms with van der Waals surface area (Å²) in [6, 6.07) is 8.58. The van der Waals surface area contributed by atoms with Crippen LogP contribution in [0, 0.1) is 12.8 Å². The van der Waals surface area contributed by atoms with Crippen molar-refractivity contribution in [2.45, 2.75) is 27.2 Å². The van der Waals surface area contributed by atoms with Gasteiger partial charge in [-0.15, -0.1) is 0 Å². The van der Waals surface area contributed by atoms with Crippen LogP contribution in [0.2, 0.25) is 0 Å². The smallest absolute Gasteiger partial charge is 0.0257 e. The van der Waals surface area contributed by atoms with Gasteiger partial charge < -0.3 is 0 Å². The van der Waals surface area contributed by atoms with E-state index in [-0.39, 0.29) is 0 Å². The van der Waals surface area contributed by atoms with Crippen LogP contribution in [0.3, 0.4) is 0 Å². The number of hydrogen-bond acceptors (Lipinski definition) is 0. The van der Waals surface area contributed by atoms with E-state index in [4.69, 9.17) is 0 Å². The summed E-state index contributed by atoms with van der Waals surface area (Å²) in [7, 11) is 0. The lowest BCUT2D eigenvalue weighted by molar-refractivity contribution is 0.701. The molecule has 0 saturated heterocycles. The molecule has 0 heteroatoms. The van der Waals surface area contributed by atoms with Crippen LogP contribution < -0.4 is 0 Å². The Bertz CT molecular complexity index is 284. The van der Waals surface area contributed by atoms with Gasteiger partial charge in [0.15, 0.2) is 0 Å². The number of benzene rings is 1. The van der Waals surface area contributed by atoms with Crippen molar-refractivity contribution in [3.63, 3.8) is 0 Å². The van der Waals surface area contributed by atoms with E-state index in [1.165, 1.54) is 17.5 Å². The van der Waals surface area contributed by atoms with Crippen molar-refractivity contribution in [1.82, 2.24) is 0 Å². The normalized spacial score (nSPS) is 13.5. The summed E-state index contributed by atoms with van der Waals surface area (Å²) in [6.07, 6.45) is 5.69. The molecule has 1 rings (SSSR count). The Morgan fingerprint density at radius 3 is 2.77 bits per heavy atom. The molecule has 0 fully saturated rings. The first-order chi connectivity index (χ1) is 6.22. The molecule has 0 nitrogen and oxygen atoms in total. The average Bonchev–Trinajstić information content (AvgIpc) is 2.14. The molecule has 0 saturated carbocycles. The van der Waals surface area contributed by atoms with Crippen molar-refractivity contribution in [3.05, 3.63) is 41.5 Å². The van der Waals surface area contributed by atoms with Gasteiger partial charge in [0.1, 0.15) is 0 Å². The van der Waals surface area contributed by atoms with Gasteiger partial charge in [-0.2, -0.15) is 0 Å². The van der Waals surface area contributed by atoms with E-state index in [2.05, 4.69) is 57.2 Å². The molecule has 0 bridgehead atoms. The molecule has 0 amide bonds. The molecule has 13 heavy (non-hydrogen) atoms. The minimum Gasteiger partial charge on any atom is -0.0811 e. The maximum Gasteiger partial charge on any atom is -0.0257 e. The van der Waals surface area contributed by atoms with Gasteiger partial charge in [0, 0.05) is 0 Å². The summed E-state index contributed by atoms with van der Waals surface area (Å²) in [4.78, 5) is 0. The number of allylic oxidation sites excluding steroid dienone is 1. The summed E-state index contributed by atoms with van der Waals surface area (Å²) in [5.74, 6) is 0.681. The number of hydrogen-bond donors (Lipinski definition) is 0. The third-order valence-electron chi connectivity index (χ3n) is 2.30. The zero-order valence-corrected chi connectivity index (χ0v) is 8.75. The second-order valence-electron chi connectivity index (χ2n) is 3.66. The molecule has 0 heterocycles. The SMILES string of the molecule is CCC(C)/C=C/c1cccc(C)c1. The molecule has 1 unspecified atom stereocenters. The van der Waals surface area contributed by atoms with E-state index in [0.717, 1.165) is 0 Å². The quantitative estimate of drug-likeness (QED) is 0.648. The van der Waals surface area contributed by atoms with Gasteiger partial charge in [-0.3, -0.25) is 0 Å². The maximum atomic E-state index is 2.27. The second kappa shape index (κ2) is 4.86. The average molecular weight is 174 g/mol. The Kier molecular flexibility index (Phi) is 3.75. The molecule has 1 atom stereocenters. The van der Waals surface area contributed by atoms with Gasteiger partial charge in [-0.05, 0) is 18.4 Å². The van der Waals surface area contributed by atoms with Crippen LogP contribution in [0.5, 0.6) is 0 Å². The van der Waals surface area contributed by atoms with Crippen LogP contribution in [0.25, 0.3) is 6.08 Å². The molecule has 70 valence electrons. The van der Waals surface area contributed by atoms with Crippen LogP contribution >= 0.6 is 0 Å². The topological polar surface area (TPSA) is 0 Å². The summed E-state index contributed by atoms with van der Waals surface area (Å²) < 4.78 is 0. The van der Waals surface area contributed by atoms with E-state index in [1.807, 2.05) is 0 Å². The van der Waals surface area contributed by atoms with Crippen molar-refractivity contribution >= 4 is 6.08 Å². The number of aryl methyl sites for hydroxylation is 1. The minimum absolute atomic E-state index is 0.681. The van der Waals surface area contributed by atoms with Crippen LogP contribution in [0.15, 0.2) is 30.3 Å². The van der Waals surface area contributed by atoms with Crippen molar-refractivity contribution in [2.75, 3.05) is 0 Å². The fourth-order valence-corrected chi connectivity index (χ4v) is 1.19. The Morgan fingerprint density at radius 2 is 2.15 bits per heavy atom. The molecular formula is C13H18. The molecule has 0 N–H and O–H groups in total. The predicted molar refractivity (Wildman–Crippen MR) is 59.7 cm³/mol. The lowest BCUT2D eigenvalue weighted by Crippen LogP contribution is -1.84. The molecule has 1 aromatic carbocycles. The lowest BCUT2D eigenvalue weighted by atomic mass is 10.1. The monoisotopic (exact) mass is 174 g/mol. The maximum absolute atomic E-state index is 2.27. The van der Waals surface area contributed by atoms with Gasteiger partial charge in [-0.1, -0.05) is 62.2 Å². The molecule has 0 aromatic heterocycles. The van der Waals surface area contributed by atoms with Crippen LogP contribution in [-0.2, 0) is 0 Å². The first kappa shape index (κ1) is 10.0. The zero-order chi connectivity index (χ0) is 9.68. The third-order valence-corrected chi connectivity index (χ3v) is 2.30. The summed E-state index contributed by atoms with van der Waals surface area (Å²) in [6.45, 7) is 6.58. The molecule has 0 spiro atoms. The van der Waals surface area contributed by atoms with E-state index < -0.39 is 0 Å². The minimum atomic E-state index is 0.681. The van der Waals surface area contributed by atoms with Gasteiger partial charge in [0.25, 0.3) is 0 Å². The summed E-state index contributed by atoms with van der Waals surface area (Å²) >= 11 is 0. The van der Waals surface area contributed by atoms with E-state index in [9.17, 15) is 0 Å². The summed E-state index contributed by atoms with van der Waals surface area (Å²) in [5.41, 5.74) is 2.63. The first-order valence-corrected chi connectivity index (χ1v) is 4.97. The molecule has 0 aliphatic heterocycles. The van der Waals surface area contributed by atoms with Crippen LogP contribution in [0.1, 0.15) is 31.4 Å². The lowest BCUT2D eigenvalue weighted by Gasteiger charge is -2.00. The highest BCUT2D eigenvalue weighted by atomic mass is 14.0. The van der Waals surface area contributed by atoms with Crippen molar-refractivity contribution in [3.8, 4) is 0 Å². The Balaban J connectivity index is 2.68. The molecule has 0 radical (unpaired) electrons. The van der Waals surface area contributed by atoms with E-state index in [0.29, 0.717) is 5.92 Å². The first-order valence-electron chi connectivity index (χ1n) is 4.97. The third kappa shape index (κ3) is 3.45. The Labute approximate surface area is 81.3 Å². The fourth-order valence-electron chi connectivity index (χ4n) is 1.19.